The first-order chi connectivity index (χ1) is 5.25. The van der Waals surface area contributed by atoms with Crippen molar-refractivity contribution in [2.24, 2.45) is 0 Å². The van der Waals surface area contributed by atoms with E-state index >= 15 is 0 Å². The van der Waals surface area contributed by atoms with Gasteiger partial charge in [-0.2, -0.15) is 0 Å². The molecular weight excluding hydrogens is 140 g/mol. The summed E-state index contributed by atoms with van der Waals surface area (Å²) < 4.78 is 0. The van der Waals surface area contributed by atoms with Crippen molar-refractivity contribution in [1.82, 2.24) is 10.2 Å². The molecule has 1 aliphatic heterocycles. The number of nitrogens with one attached hydrogen (secondary N) is 1. The molecule has 0 spiro atoms. The average Bonchev–Trinajstić information content (AvgIpc) is 1.99. The molecule has 1 rings (SSSR count). The lowest BCUT2D eigenvalue weighted by Gasteiger charge is -2.30. The Balaban J connectivity index is 2.52. The molecule has 1 amide bonds. The van der Waals surface area contributed by atoms with E-state index in [-0.39, 0.29) is 11.9 Å². The lowest BCUT2D eigenvalue weighted by atomic mass is 10.2. The summed E-state index contributed by atoms with van der Waals surface area (Å²) in [6, 6.07) is -0.0696. The van der Waals surface area contributed by atoms with Crippen molar-refractivity contribution >= 4 is 5.91 Å². The molecule has 3 heteroatoms. The molecule has 1 saturated heterocycles. The number of hydrogen-bond donors (Lipinski definition) is 1. The third-order valence-corrected chi connectivity index (χ3v) is 1.92. The Morgan fingerprint density at radius 1 is 1.91 bits per heavy atom. The Labute approximate surface area is 66.8 Å². The zero-order chi connectivity index (χ0) is 8.27. The Kier molecular flexibility index (Phi) is 2.50. The number of hydrogen-bond acceptors (Lipinski definition) is 2. The molecule has 0 radical (unpaired) electrons. The number of terminal acetylenes is 1. The van der Waals surface area contributed by atoms with Gasteiger partial charge in [0, 0.05) is 13.1 Å². The van der Waals surface area contributed by atoms with Gasteiger partial charge in [0.05, 0.1) is 12.6 Å². The molecule has 0 aromatic heterocycles. The molecule has 1 aliphatic rings. The van der Waals surface area contributed by atoms with E-state index in [1.165, 1.54) is 0 Å². The van der Waals surface area contributed by atoms with Gasteiger partial charge in [0.2, 0.25) is 5.91 Å². The van der Waals surface area contributed by atoms with Gasteiger partial charge in [-0.25, -0.2) is 0 Å². The first-order valence-electron chi connectivity index (χ1n) is 3.71. The van der Waals surface area contributed by atoms with Gasteiger partial charge in [0.1, 0.15) is 0 Å². The van der Waals surface area contributed by atoms with Crippen molar-refractivity contribution in [3.8, 4) is 12.3 Å². The molecule has 11 heavy (non-hydrogen) atoms. The van der Waals surface area contributed by atoms with Gasteiger partial charge in [0.25, 0.3) is 0 Å². The zero-order valence-electron chi connectivity index (χ0n) is 6.63. The Morgan fingerprint density at radius 2 is 2.64 bits per heavy atom. The summed E-state index contributed by atoms with van der Waals surface area (Å²) in [5, 5.41) is 2.77. The summed E-state index contributed by atoms with van der Waals surface area (Å²) in [4.78, 5) is 13.0. The quantitative estimate of drug-likeness (QED) is 0.511. The molecule has 1 heterocycles. The topological polar surface area (TPSA) is 32.3 Å². The van der Waals surface area contributed by atoms with Crippen LogP contribution in [0.15, 0.2) is 0 Å². The fourth-order valence-corrected chi connectivity index (χ4v) is 1.16. The fourth-order valence-electron chi connectivity index (χ4n) is 1.16. The van der Waals surface area contributed by atoms with Crippen molar-refractivity contribution < 1.29 is 4.79 Å². The highest BCUT2D eigenvalue weighted by Gasteiger charge is 2.23. The van der Waals surface area contributed by atoms with E-state index in [2.05, 4.69) is 11.2 Å². The van der Waals surface area contributed by atoms with Gasteiger partial charge in [-0.1, -0.05) is 5.92 Å². The van der Waals surface area contributed by atoms with E-state index in [0.29, 0.717) is 13.1 Å². The number of carbonyl (C=O) groups excluding carboxylic acids is 1. The third-order valence-electron chi connectivity index (χ3n) is 1.92. The maximum atomic E-state index is 11.1. The Morgan fingerprint density at radius 3 is 3.27 bits per heavy atom. The van der Waals surface area contributed by atoms with Crippen LogP contribution in [-0.4, -0.2) is 36.5 Å². The van der Waals surface area contributed by atoms with Crippen LogP contribution in [0.25, 0.3) is 0 Å². The summed E-state index contributed by atoms with van der Waals surface area (Å²) in [7, 11) is 0. The molecule has 0 saturated carbocycles. The molecule has 0 bridgehead atoms. The normalized spacial score (nSPS) is 25.8. The Bertz CT molecular complexity index is 195. The van der Waals surface area contributed by atoms with Gasteiger partial charge in [-0.15, -0.1) is 6.42 Å². The van der Waals surface area contributed by atoms with Crippen LogP contribution in [0.4, 0.5) is 0 Å². The minimum absolute atomic E-state index is 0.0696. The number of amides is 1. The van der Waals surface area contributed by atoms with Gasteiger partial charge >= 0.3 is 0 Å². The lowest BCUT2D eigenvalue weighted by Crippen LogP contribution is -2.53. The number of piperazine rings is 1. The van der Waals surface area contributed by atoms with Gasteiger partial charge < -0.3 is 5.32 Å². The maximum Gasteiger partial charge on any atom is 0.237 e. The number of carbonyl (C=O) groups is 1. The number of nitrogens with zero attached hydrogens (tertiary/aromatic N) is 1. The largest absolute Gasteiger partial charge is 0.353 e. The van der Waals surface area contributed by atoms with E-state index < -0.39 is 0 Å². The molecular formula is C8H12N2O. The maximum absolute atomic E-state index is 11.1. The summed E-state index contributed by atoms with van der Waals surface area (Å²) in [5.74, 6) is 2.61. The van der Waals surface area contributed by atoms with E-state index in [0.717, 1.165) is 6.54 Å². The van der Waals surface area contributed by atoms with Crippen LogP contribution >= 0.6 is 0 Å². The standard InChI is InChI=1S/C8H12N2O/c1-3-5-10-6-4-9-8(11)7(10)2/h1,7H,4-6H2,2H3,(H,9,11). The summed E-state index contributed by atoms with van der Waals surface area (Å²) in [6.45, 7) is 4.00. The second-order valence-corrected chi connectivity index (χ2v) is 2.64. The van der Waals surface area contributed by atoms with E-state index in [1.807, 2.05) is 11.8 Å². The molecule has 1 N–H and O–H groups in total. The molecule has 1 atom stereocenters. The predicted molar refractivity (Wildman–Crippen MR) is 42.9 cm³/mol. The van der Waals surface area contributed by atoms with Crippen LogP contribution in [0.2, 0.25) is 0 Å². The Hall–Kier alpha value is -1.01. The third kappa shape index (κ3) is 1.72. The lowest BCUT2D eigenvalue weighted by molar-refractivity contribution is -0.127. The molecule has 0 aromatic carbocycles. The molecule has 0 aromatic rings. The van der Waals surface area contributed by atoms with Gasteiger partial charge in [-0.3, -0.25) is 9.69 Å². The molecule has 1 fully saturated rings. The zero-order valence-corrected chi connectivity index (χ0v) is 6.63. The highest BCUT2D eigenvalue weighted by atomic mass is 16.2. The monoisotopic (exact) mass is 152 g/mol. The van der Waals surface area contributed by atoms with Crippen LogP contribution in [0, 0.1) is 12.3 Å². The van der Waals surface area contributed by atoms with Crippen LogP contribution in [0.3, 0.4) is 0 Å². The molecule has 60 valence electrons. The minimum atomic E-state index is -0.0696. The minimum Gasteiger partial charge on any atom is -0.353 e. The van der Waals surface area contributed by atoms with Gasteiger partial charge in [-0.05, 0) is 6.92 Å². The summed E-state index contributed by atoms with van der Waals surface area (Å²) in [5.41, 5.74) is 0. The SMILES string of the molecule is C#CCN1CCNC(=O)C1C. The van der Waals surface area contributed by atoms with Crippen LogP contribution < -0.4 is 5.32 Å². The average molecular weight is 152 g/mol. The molecule has 1 unspecified atom stereocenters. The van der Waals surface area contributed by atoms with Crippen molar-refractivity contribution in [3.63, 3.8) is 0 Å². The van der Waals surface area contributed by atoms with Crippen molar-refractivity contribution in [2.75, 3.05) is 19.6 Å². The second kappa shape index (κ2) is 3.40. The van der Waals surface area contributed by atoms with Crippen molar-refractivity contribution in [2.45, 2.75) is 13.0 Å². The highest BCUT2D eigenvalue weighted by Crippen LogP contribution is 2.01. The van der Waals surface area contributed by atoms with Crippen molar-refractivity contribution in [3.05, 3.63) is 0 Å². The first kappa shape index (κ1) is 8.09. The van der Waals surface area contributed by atoms with Crippen LogP contribution in [-0.2, 0) is 4.79 Å². The van der Waals surface area contributed by atoms with E-state index in [4.69, 9.17) is 6.42 Å². The van der Waals surface area contributed by atoms with E-state index in [9.17, 15) is 4.79 Å². The second-order valence-electron chi connectivity index (χ2n) is 2.64. The smallest absolute Gasteiger partial charge is 0.237 e. The molecule has 3 nitrogen and oxygen atoms in total. The van der Waals surface area contributed by atoms with Crippen LogP contribution in [0.1, 0.15) is 6.92 Å². The highest BCUT2D eigenvalue weighted by molar-refractivity contribution is 5.82. The van der Waals surface area contributed by atoms with Gasteiger partial charge in [0.15, 0.2) is 0 Å². The predicted octanol–water partition coefficient (Wildman–Crippen LogP) is -0.560. The molecule has 0 aliphatic carbocycles. The fraction of sp³-hybridized carbons (Fsp3) is 0.625. The van der Waals surface area contributed by atoms with E-state index in [1.54, 1.807) is 0 Å². The summed E-state index contributed by atoms with van der Waals surface area (Å²) >= 11 is 0. The van der Waals surface area contributed by atoms with Crippen molar-refractivity contribution in [1.29, 1.82) is 0 Å². The first-order valence-corrected chi connectivity index (χ1v) is 3.71. The van der Waals surface area contributed by atoms with Crippen LogP contribution in [0.5, 0.6) is 0 Å². The summed E-state index contributed by atoms with van der Waals surface area (Å²) in [6.07, 6.45) is 5.14. The number of rotatable bonds is 1.